The zero-order valence-corrected chi connectivity index (χ0v) is 14.2. The third-order valence-corrected chi connectivity index (χ3v) is 4.68. The quantitative estimate of drug-likeness (QED) is 0.904. The largest absolute Gasteiger partial charge is 0.380 e. The van der Waals surface area contributed by atoms with Crippen LogP contribution in [-0.2, 0) is 16.1 Å². The third-order valence-electron chi connectivity index (χ3n) is 3.99. The van der Waals surface area contributed by atoms with Gasteiger partial charge in [0, 0.05) is 30.8 Å². The molecule has 7 heteroatoms. The lowest BCUT2D eigenvalue weighted by molar-refractivity contribution is -0.119. The molecule has 2 aromatic rings. The summed E-state index contributed by atoms with van der Waals surface area (Å²) in [4.78, 5) is 30.9. The minimum absolute atomic E-state index is 0.115. The Morgan fingerprint density at radius 3 is 2.83 bits per heavy atom. The van der Waals surface area contributed by atoms with E-state index < -0.39 is 6.04 Å². The first-order valence-corrected chi connectivity index (χ1v) is 8.66. The van der Waals surface area contributed by atoms with Gasteiger partial charge in [0.25, 0.3) is 5.91 Å². The normalized spacial score (nSPS) is 17.0. The number of hydrogen-bond acceptors (Lipinski definition) is 5. The van der Waals surface area contributed by atoms with E-state index in [9.17, 15) is 9.59 Å². The Bertz CT molecular complexity index is 700. The van der Waals surface area contributed by atoms with Crippen LogP contribution in [0.4, 0.5) is 5.13 Å². The second-order valence-corrected chi connectivity index (χ2v) is 6.51. The van der Waals surface area contributed by atoms with Crippen LogP contribution in [0.3, 0.4) is 0 Å². The molecule has 1 aliphatic rings. The van der Waals surface area contributed by atoms with Gasteiger partial charge in [-0.3, -0.25) is 9.59 Å². The zero-order chi connectivity index (χ0) is 16.9. The van der Waals surface area contributed by atoms with Crippen molar-refractivity contribution in [1.82, 2.24) is 9.88 Å². The lowest BCUT2D eigenvalue weighted by Gasteiger charge is -2.23. The molecule has 126 valence electrons. The zero-order valence-electron chi connectivity index (χ0n) is 13.4. The first-order valence-electron chi connectivity index (χ1n) is 7.78. The Balaban J connectivity index is 1.69. The molecular weight excluding hydrogens is 326 g/mol. The molecule has 6 nitrogen and oxygen atoms in total. The fraction of sp³-hybridized carbons (Fsp3) is 0.353. The van der Waals surface area contributed by atoms with Crippen molar-refractivity contribution in [1.29, 1.82) is 0 Å². The Morgan fingerprint density at radius 2 is 2.17 bits per heavy atom. The van der Waals surface area contributed by atoms with Gasteiger partial charge in [-0.15, -0.1) is 11.3 Å². The lowest BCUT2D eigenvalue weighted by atomic mass is 10.1. The van der Waals surface area contributed by atoms with Crippen LogP contribution in [0, 0.1) is 0 Å². The minimum atomic E-state index is -0.444. The molecule has 2 heterocycles. The van der Waals surface area contributed by atoms with Gasteiger partial charge in [0.15, 0.2) is 5.13 Å². The molecule has 1 unspecified atom stereocenters. The van der Waals surface area contributed by atoms with Crippen molar-refractivity contribution in [3.63, 3.8) is 0 Å². The monoisotopic (exact) mass is 345 g/mol. The number of likely N-dealkylation sites (tertiary alicyclic amines) is 1. The van der Waals surface area contributed by atoms with Crippen LogP contribution in [-0.4, -0.2) is 41.4 Å². The molecule has 24 heavy (non-hydrogen) atoms. The van der Waals surface area contributed by atoms with Crippen molar-refractivity contribution in [3.8, 4) is 0 Å². The molecular formula is C17H19N3O3S. The number of carbonyl (C=O) groups is 2. The summed E-state index contributed by atoms with van der Waals surface area (Å²) in [5.41, 5.74) is 1.59. The van der Waals surface area contributed by atoms with Crippen molar-refractivity contribution in [2.45, 2.75) is 25.5 Å². The molecule has 1 aliphatic heterocycles. The molecule has 1 fully saturated rings. The molecule has 0 bridgehead atoms. The average molecular weight is 345 g/mol. The van der Waals surface area contributed by atoms with Gasteiger partial charge in [-0.2, -0.15) is 0 Å². The molecule has 0 spiro atoms. The molecule has 0 saturated carbocycles. The molecule has 1 N–H and O–H groups in total. The number of aromatic nitrogens is 1. The van der Waals surface area contributed by atoms with Crippen LogP contribution in [0.15, 0.2) is 35.8 Å². The van der Waals surface area contributed by atoms with Crippen LogP contribution >= 0.6 is 11.3 Å². The number of nitrogens with one attached hydrogen (secondary N) is 1. The summed E-state index contributed by atoms with van der Waals surface area (Å²) < 4.78 is 5.07. The van der Waals surface area contributed by atoms with Crippen molar-refractivity contribution in [3.05, 3.63) is 47.0 Å². The molecule has 3 rings (SSSR count). The fourth-order valence-corrected chi connectivity index (χ4v) is 3.36. The number of amides is 2. The number of thiazole rings is 1. The second-order valence-electron chi connectivity index (χ2n) is 5.61. The first-order chi connectivity index (χ1) is 11.7. The van der Waals surface area contributed by atoms with E-state index in [4.69, 9.17) is 4.74 Å². The first kappa shape index (κ1) is 16.6. The topological polar surface area (TPSA) is 71.5 Å². The van der Waals surface area contributed by atoms with Crippen LogP contribution in [0.1, 0.15) is 28.8 Å². The van der Waals surface area contributed by atoms with Crippen LogP contribution in [0.2, 0.25) is 0 Å². The molecule has 1 saturated heterocycles. The predicted molar refractivity (Wildman–Crippen MR) is 92.0 cm³/mol. The highest BCUT2D eigenvalue weighted by atomic mass is 32.1. The maximum absolute atomic E-state index is 12.7. The molecule has 2 amide bonds. The predicted octanol–water partition coefficient (Wildman–Crippen LogP) is 2.53. The highest BCUT2D eigenvalue weighted by Gasteiger charge is 2.34. The van der Waals surface area contributed by atoms with Gasteiger partial charge >= 0.3 is 0 Å². The Labute approximate surface area is 144 Å². The standard InChI is InChI=1S/C17H19N3O3S/c1-23-11-12-4-6-13(7-5-12)16(22)20-9-2-3-14(20)15(21)19-17-18-8-10-24-17/h4-8,10,14H,2-3,9,11H2,1H3,(H,18,19,21). The number of anilines is 1. The van der Waals surface area contributed by atoms with E-state index in [-0.39, 0.29) is 11.8 Å². The van der Waals surface area contributed by atoms with Gasteiger partial charge in [0.2, 0.25) is 5.91 Å². The summed E-state index contributed by atoms with van der Waals surface area (Å²) in [6.07, 6.45) is 3.13. The number of carbonyl (C=O) groups excluding carboxylic acids is 2. The van der Waals surface area contributed by atoms with E-state index in [1.54, 1.807) is 35.7 Å². The summed E-state index contributed by atoms with van der Waals surface area (Å²) in [6.45, 7) is 1.10. The fourth-order valence-electron chi connectivity index (χ4n) is 2.83. The van der Waals surface area contributed by atoms with Gasteiger partial charge in [0.1, 0.15) is 6.04 Å². The van der Waals surface area contributed by atoms with Gasteiger partial charge < -0.3 is 15.0 Å². The van der Waals surface area contributed by atoms with E-state index in [0.29, 0.717) is 30.3 Å². The highest BCUT2D eigenvalue weighted by molar-refractivity contribution is 7.13. The summed E-state index contributed by atoms with van der Waals surface area (Å²) in [6, 6.07) is 6.87. The van der Waals surface area contributed by atoms with E-state index >= 15 is 0 Å². The smallest absolute Gasteiger partial charge is 0.254 e. The number of nitrogens with zero attached hydrogens (tertiary/aromatic N) is 2. The second kappa shape index (κ2) is 7.55. The maximum Gasteiger partial charge on any atom is 0.254 e. The number of methoxy groups -OCH3 is 1. The summed E-state index contributed by atoms with van der Waals surface area (Å²) in [7, 11) is 1.63. The SMILES string of the molecule is COCc1ccc(C(=O)N2CCCC2C(=O)Nc2nccs2)cc1. The molecule has 1 atom stereocenters. The summed E-state index contributed by atoms with van der Waals surface area (Å²) in [5, 5.41) is 5.14. The number of rotatable bonds is 5. The van der Waals surface area contributed by atoms with E-state index in [1.807, 2.05) is 12.1 Å². The van der Waals surface area contributed by atoms with E-state index in [0.717, 1.165) is 12.0 Å². The molecule has 1 aromatic heterocycles. The van der Waals surface area contributed by atoms with Crippen molar-refractivity contribution < 1.29 is 14.3 Å². The maximum atomic E-state index is 12.7. The van der Waals surface area contributed by atoms with Gasteiger partial charge in [-0.25, -0.2) is 4.98 Å². The lowest BCUT2D eigenvalue weighted by Crippen LogP contribution is -2.43. The van der Waals surface area contributed by atoms with Crippen molar-refractivity contribution >= 4 is 28.3 Å². The van der Waals surface area contributed by atoms with Crippen molar-refractivity contribution in [2.24, 2.45) is 0 Å². The molecule has 1 aromatic carbocycles. The number of hydrogen-bond donors (Lipinski definition) is 1. The van der Waals surface area contributed by atoms with Crippen molar-refractivity contribution in [2.75, 3.05) is 19.0 Å². The molecule has 0 radical (unpaired) electrons. The van der Waals surface area contributed by atoms with Gasteiger partial charge in [0.05, 0.1) is 6.61 Å². The summed E-state index contributed by atoms with van der Waals surface area (Å²) in [5.74, 6) is -0.289. The Kier molecular flexibility index (Phi) is 5.22. The van der Waals surface area contributed by atoms with E-state index in [2.05, 4.69) is 10.3 Å². The third kappa shape index (κ3) is 3.63. The average Bonchev–Trinajstić information content (AvgIpc) is 3.26. The van der Waals surface area contributed by atoms with Crippen LogP contribution in [0.5, 0.6) is 0 Å². The highest BCUT2D eigenvalue weighted by Crippen LogP contribution is 2.22. The Morgan fingerprint density at radius 1 is 1.38 bits per heavy atom. The molecule has 0 aliphatic carbocycles. The van der Waals surface area contributed by atoms with Gasteiger partial charge in [-0.1, -0.05) is 12.1 Å². The van der Waals surface area contributed by atoms with Gasteiger partial charge in [-0.05, 0) is 30.5 Å². The van der Waals surface area contributed by atoms with Crippen LogP contribution < -0.4 is 5.32 Å². The number of ether oxygens (including phenoxy) is 1. The Hall–Kier alpha value is -2.25. The van der Waals surface area contributed by atoms with E-state index in [1.165, 1.54) is 11.3 Å². The van der Waals surface area contributed by atoms with Crippen LogP contribution in [0.25, 0.3) is 0 Å². The number of benzene rings is 1. The minimum Gasteiger partial charge on any atom is -0.380 e. The summed E-state index contributed by atoms with van der Waals surface area (Å²) >= 11 is 1.36.